The summed E-state index contributed by atoms with van der Waals surface area (Å²) in [6.07, 6.45) is 0. The summed E-state index contributed by atoms with van der Waals surface area (Å²) in [6.45, 7) is 1.64. The molecular formula is C9H11BO4. The molecule has 0 unspecified atom stereocenters. The van der Waals surface area contributed by atoms with Gasteiger partial charge in [-0.1, -0.05) is 12.1 Å². The van der Waals surface area contributed by atoms with Gasteiger partial charge in [0.05, 0.1) is 12.7 Å². The van der Waals surface area contributed by atoms with Crippen LogP contribution in [0.5, 0.6) is 0 Å². The molecule has 0 fully saturated rings. The minimum Gasteiger partial charge on any atom is -0.465 e. The number of benzene rings is 1. The van der Waals surface area contributed by atoms with Crippen molar-refractivity contribution >= 4 is 18.6 Å². The van der Waals surface area contributed by atoms with Gasteiger partial charge in [-0.25, -0.2) is 4.79 Å². The van der Waals surface area contributed by atoms with E-state index < -0.39 is 13.1 Å². The molecule has 0 atom stereocenters. The first-order valence-corrected chi connectivity index (χ1v) is 4.12. The van der Waals surface area contributed by atoms with Gasteiger partial charge in [0.1, 0.15) is 0 Å². The van der Waals surface area contributed by atoms with Crippen molar-refractivity contribution in [3.8, 4) is 0 Å². The molecule has 0 aliphatic carbocycles. The van der Waals surface area contributed by atoms with Crippen LogP contribution in [0.15, 0.2) is 18.2 Å². The molecule has 14 heavy (non-hydrogen) atoms. The van der Waals surface area contributed by atoms with E-state index in [2.05, 4.69) is 4.74 Å². The average Bonchev–Trinajstić information content (AvgIpc) is 2.16. The predicted molar refractivity (Wildman–Crippen MR) is 52.3 cm³/mol. The molecule has 5 heteroatoms. The molecule has 2 N–H and O–H groups in total. The van der Waals surface area contributed by atoms with Crippen molar-refractivity contribution in [1.29, 1.82) is 0 Å². The fourth-order valence-corrected chi connectivity index (χ4v) is 1.26. The maximum atomic E-state index is 11.2. The molecule has 4 nitrogen and oxygen atoms in total. The Bertz CT molecular complexity index is 349. The van der Waals surface area contributed by atoms with Gasteiger partial charge in [-0.15, -0.1) is 0 Å². The van der Waals surface area contributed by atoms with E-state index in [1.807, 2.05) is 0 Å². The lowest BCUT2D eigenvalue weighted by Gasteiger charge is -2.08. The third-order valence-corrected chi connectivity index (χ3v) is 2.06. The van der Waals surface area contributed by atoms with Crippen LogP contribution in [0.4, 0.5) is 0 Å². The highest BCUT2D eigenvalue weighted by molar-refractivity contribution is 6.59. The Hall–Kier alpha value is -1.33. The number of carbonyl (C=O) groups excluding carboxylic acids is 1. The summed E-state index contributed by atoms with van der Waals surface area (Å²) in [7, 11) is -0.288. The van der Waals surface area contributed by atoms with Crippen LogP contribution in [0.2, 0.25) is 0 Å². The maximum absolute atomic E-state index is 11.2. The minimum absolute atomic E-state index is 0.313. The molecule has 0 spiro atoms. The number of ether oxygens (including phenoxy) is 1. The van der Waals surface area contributed by atoms with Gasteiger partial charge in [-0.3, -0.25) is 0 Å². The zero-order valence-corrected chi connectivity index (χ0v) is 8.02. The van der Waals surface area contributed by atoms with Crippen LogP contribution in [0.3, 0.4) is 0 Å². The quantitative estimate of drug-likeness (QED) is 0.490. The molecule has 1 aromatic rings. The Morgan fingerprint density at radius 3 is 2.57 bits per heavy atom. The molecule has 0 heterocycles. The number of methoxy groups -OCH3 is 1. The zero-order chi connectivity index (χ0) is 10.7. The summed E-state index contributed by atoms with van der Waals surface area (Å²) < 4.78 is 4.55. The van der Waals surface area contributed by atoms with E-state index in [9.17, 15) is 4.79 Å². The Balaban J connectivity index is 3.20. The maximum Gasteiger partial charge on any atom is 0.488 e. The largest absolute Gasteiger partial charge is 0.488 e. The molecule has 1 aromatic carbocycles. The van der Waals surface area contributed by atoms with Crippen LogP contribution >= 0.6 is 0 Å². The van der Waals surface area contributed by atoms with Gasteiger partial charge >= 0.3 is 13.1 Å². The Labute approximate surface area is 82.3 Å². The molecule has 0 saturated carbocycles. The number of rotatable bonds is 2. The molecular weight excluding hydrogens is 183 g/mol. The van der Waals surface area contributed by atoms with Crippen LogP contribution in [0.1, 0.15) is 15.9 Å². The second-order valence-electron chi connectivity index (χ2n) is 2.89. The van der Waals surface area contributed by atoms with Crippen LogP contribution in [0.25, 0.3) is 0 Å². The Kier molecular flexibility index (Phi) is 3.27. The molecule has 0 aromatic heterocycles. The van der Waals surface area contributed by atoms with E-state index in [0.29, 0.717) is 16.6 Å². The van der Waals surface area contributed by atoms with E-state index in [0.717, 1.165) is 0 Å². The van der Waals surface area contributed by atoms with Gasteiger partial charge in [0.15, 0.2) is 0 Å². The number of esters is 1. The number of carbonyl (C=O) groups is 1. The Morgan fingerprint density at radius 1 is 1.43 bits per heavy atom. The van der Waals surface area contributed by atoms with Crippen LogP contribution in [0, 0.1) is 6.92 Å². The first kappa shape index (κ1) is 10.8. The van der Waals surface area contributed by atoms with Crippen LogP contribution in [-0.2, 0) is 4.74 Å². The van der Waals surface area contributed by atoms with Crippen molar-refractivity contribution in [3.05, 3.63) is 29.3 Å². The minimum atomic E-state index is -1.57. The van der Waals surface area contributed by atoms with Crippen LogP contribution in [-0.4, -0.2) is 30.2 Å². The average molecular weight is 194 g/mol. The topological polar surface area (TPSA) is 66.8 Å². The molecule has 0 bridgehead atoms. The summed E-state index contributed by atoms with van der Waals surface area (Å²) in [6, 6.07) is 4.70. The van der Waals surface area contributed by atoms with Gasteiger partial charge in [-0.05, 0) is 24.0 Å². The zero-order valence-electron chi connectivity index (χ0n) is 8.02. The molecule has 0 saturated heterocycles. The fraction of sp³-hybridized carbons (Fsp3) is 0.222. The van der Waals surface area contributed by atoms with Crippen molar-refractivity contribution < 1.29 is 19.6 Å². The van der Waals surface area contributed by atoms with Crippen molar-refractivity contribution in [2.45, 2.75) is 6.92 Å². The first-order valence-electron chi connectivity index (χ1n) is 4.12. The van der Waals surface area contributed by atoms with E-state index in [1.54, 1.807) is 25.1 Å². The smallest absolute Gasteiger partial charge is 0.465 e. The Morgan fingerprint density at radius 2 is 2.07 bits per heavy atom. The third kappa shape index (κ3) is 1.94. The van der Waals surface area contributed by atoms with E-state index in [4.69, 9.17) is 10.0 Å². The monoisotopic (exact) mass is 194 g/mol. The molecule has 0 aliphatic rings. The lowest BCUT2D eigenvalue weighted by atomic mass is 9.76. The SMILES string of the molecule is COC(=O)c1cccc(B(O)O)c1C. The van der Waals surface area contributed by atoms with Crippen LogP contribution < -0.4 is 5.46 Å². The molecule has 74 valence electrons. The highest BCUT2D eigenvalue weighted by Gasteiger charge is 2.18. The normalized spacial score (nSPS) is 9.71. The standard InChI is InChI=1S/C9H11BO4/c1-6-7(9(11)14-2)4-3-5-8(6)10(12)13/h3-5,12-13H,1-2H3. The molecule has 0 aliphatic heterocycles. The third-order valence-electron chi connectivity index (χ3n) is 2.06. The van der Waals surface area contributed by atoms with Gasteiger partial charge in [0, 0.05) is 0 Å². The lowest BCUT2D eigenvalue weighted by Crippen LogP contribution is -2.33. The summed E-state index contributed by atoms with van der Waals surface area (Å²) in [4.78, 5) is 11.2. The van der Waals surface area contributed by atoms with Crippen molar-refractivity contribution in [1.82, 2.24) is 0 Å². The second-order valence-corrected chi connectivity index (χ2v) is 2.89. The fourth-order valence-electron chi connectivity index (χ4n) is 1.26. The summed E-state index contributed by atoms with van der Waals surface area (Å²) in [5.41, 5.74) is 1.18. The second kappa shape index (κ2) is 4.26. The van der Waals surface area contributed by atoms with Crippen molar-refractivity contribution in [2.24, 2.45) is 0 Å². The van der Waals surface area contributed by atoms with Gasteiger partial charge < -0.3 is 14.8 Å². The van der Waals surface area contributed by atoms with E-state index in [1.165, 1.54) is 7.11 Å². The summed E-state index contributed by atoms with van der Waals surface area (Å²) >= 11 is 0. The van der Waals surface area contributed by atoms with Gasteiger partial charge in [0.25, 0.3) is 0 Å². The summed E-state index contributed by atoms with van der Waals surface area (Å²) in [5.74, 6) is -0.481. The summed E-state index contributed by atoms with van der Waals surface area (Å²) in [5, 5.41) is 18.0. The molecule has 0 amide bonds. The van der Waals surface area contributed by atoms with Crippen molar-refractivity contribution in [2.75, 3.05) is 7.11 Å². The van der Waals surface area contributed by atoms with Gasteiger partial charge in [-0.2, -0.15) is 0 Å². The van der Waals surface area contributed by atoms with E-state index in [-0.39, 0.29) is 0 Å². The highest BCUT2D eigenvalue weighted by atomic mass is 16.5. The first-order chi connectivity index (χ1) is 6.57. The molecule has 1 rings (SSSR count). The number of hydrogen-bond acceptors (Lipinski definition) is 4. The molecule has 0 radical (unpaired) electrons. The predicted octanol–water partition coefficient (Wildman–Crippen LogP) is -0.539. The lowest BCUT2D eigenvalue weighted by molar-refractivity contribution is 0.0600. The van der Waals surface area contributed by atoms with Gasteiger partial charge in [0.2, 0.25) is 0 Å². The highest BCUT2D eigenvalue weighted by Crippen LogP contribution is 2.06. The number of hydrogen-bond donors (Lipinski definition) is 2. The van der Waals surface area contributed by atoms with Crippen molar-refractivity contribution in [3.63, 3.8) is 0 Å². The van der Waals surface area contributed by atoms with E-state index >= 15 is 0 Å².